The third-order valence-electron chi connectivity index (χ3n) is 3.65. The van der Waals surface area contributed by atoms with Crippen molar-refractivity contribution in [1.82, 2.24) is 5.32 Å². The Kier molecular flexibility index (Phi) is 4.35. The highest BCUT2D eigenvalue weighted by Crippen LogP contribution is 2.22. The molecule has 102 valence electrons. The first-order chi connectivity index (χ1) is 9.09. The van der Waals surface area contributed by atoms with Crippen LogP contribution in [0, 0.1) is 0 Å². The van der Waals surface area contributed by atoms with E-state index in [4.69, 9.17) is 0 Å². The summed E-state index contributed by atoms with van der Waals surface area (Å²) in [5.74, 6) is 0.360. The quantitative estimate of drug-likeness (QED) is 0.848. The van der Waals surface area contributed by atoms with Crippen LogP contribution in [0.1, 0.15) is 61.4 Å². The van der Waals surface area contributed by atoms with Crippen molar-refractivity contribution in [2.24, 2.45) is 0 Å². The number of rotatable bonds is 3. The molecule has 0 spiro atoms. The van der Waals surface area contributed by atoms with Gasteiger partial charge in [-0.15, -0.1) is 0 Å². The van der Waals surface area contributed by atoms with Crippen LogP contribution < -0.4 is 5.32 Å². The summed E-state index contributed by atoms with van der Waals surface area (Å²) < 4.78 is 0. The number of benzene rings is 1. The van der Waals surface area contributed by atoms with E-state index in [-0.39, 0.29) is 17.7 Å². The largest absolute Gasteiger partial charge is 0.346 e. The zero-order valence-electron chi connectivity index (χ0n) is 11.6. The van der Waals surface area contributed by atoms with E-state index in [2.05, 4.69) is 19.2 Å². The van der Waals surface area contributed by atoms with Gasteiger partial charge in [-0.25, -0.2) is 0 Å². The Morgan fingerprint density at radius 3 is 2.74 bits per heavy atom. The van der Waals surface area contributed by atoms with E-state index in [0.717, 1.165) is 30.4 Å². The average molecular weight is 259 g/mol. The molecule has 0 aliphatic carbocycles. The van der Waals surface area contributed by atoms with Crippen LogP contribution in [0.25, 0.3) is 0 Å². The summed E-state index contributed by atoms with van der Waals surface area (Å²) in [5.41, 5.74) is 1.82. The first-order valence-corrected chi connectivity index (χ1v) is 7.02. The number of hydrogen-bond donors (Lipinski definition) is 1. The van der Waals surface area contributed by atoms with Gasteiger partial charge in [0.05, 0.1) is 6.04 Å². The fraction of sp³-hybridized carbons (Fsp3) is 0.500. The van der Waals surface area contributed by atoms with Crippen molar-refractivity contribution in [3.05, 3.63) is 35.4 Å². The van der Waals surface area contributed by atoms with Gasteiger partial charge in [-0.05, 0) is 24.3 Å². The smallest absolute Gasteiger partial charge is 0.220 e. The molecule has 1 heterocycles. The fourth-order valence-electron chi connectivity index (χ4n) is 2.58. The molecule has 3 nitrogen and oxygen atoms in total. The SMILES string of the molecule is CC(C)c1ccccc1C(=O)C1CCCCC(=O)N1. The van der Waals surface area contributed by atoms with Gasteiger partial charge < -0.3 is 5.32 Å². The van der Waals surface area contributed by atoms with E-state index in [1.807, 2.05) is 24.3 Å². The van der Waals surface area contributed by atoms with E-state index >= 15 is 0 Å². The lowest BCUT2D eigenvalue weighted by molar-refractivity contribution is -0.121. The Hall–Kier alpha value is -1.64. The predicted molar refractivity (Wildman–Crippen MR) is 75.3 cm³/mol. The molecule has 19 heavy (non-hydrogen) atoms. The van der Waals surface area contributed by atoms with Gasteiger partial charge in [-0.1, -0.05) is 44.5 Å². The molecule has 1 fully saturated rings. The molecule has 0 saturated carbocycles. The van der Waals surface area contributed by atoms with E-state index in [9.17, 15) is 9.59 Å². The standard InChI is InChI=1S/C16H21NO2/c1-11(2)12-7-3-4-8-13(12)16(19)14-9-5-6-10-15(18)17-14/h3-4,7-8,11,14H,5-6,9-10H2,1-2H3,(H,17,18). The van der Waals surface area contributed by atoms with Gasteiger partial charge in [0.1, 0.15) is 0 Å². The van der Waals surface area contributed by atoms with Crippen molar-refractivity contribution >= 4 is 11.7 Å². The number of carbonyl (C=O) groups is 2. The summed E-state index contributed by atoms with van der Waals surface area (Å²) >= 11 is 0. The van der Waals surface area contributed by atoms with Gasteiger partial charge in [0.25, 0.3) is 0 Å². The normalized spacial score (nSPS) is 19.9. The third kappa shape index (κ3) is 3.22. The molecule has 1 aromatic carbocycles. The van der Waals surface area contributed by atoms with Gasteiger partial charge in [-0.2, -0.15) is 0 Å². The molecule has 1 aliphatic heterocycles. The van der Waals surface area contributed by atoms with Crippen LogP contribution in [0.2, 0.25) is 0 Å². The molecular formula is C16H21NO2. The maximum Gasteiger partial charge on any atom is 0.220 e. The van der Waals surface area contributed by atoms with Crippen LogP contribution in [0.5, 0.6) is 0 Å². The molecular weight excluding hydrogens is 238 g/mol. The topological polar surface area (TPSA) is 46.2 Å². The molecule has 1 N–H and O–H groups in total. The lowest BCUT2D eigenvalue weighted by Gasteiger charge is -2.18. The Morgan fingerprint density at radius 2 is 2.00 bits per heavy atom. The summed E-state index contributed by atoms with van der Waals surface area (Å²) in [5, 5.41) is 2.85. The second-order valence-electron chi connectivity index (χ2n) is 5.47. The van der Waals surface area contributed by atoms with Crippen molar-refractivity contribution in [2.75, 3.05) is 0 Å². The second kappa shape index (κ2) is 6.00. The summed E-state index contributed by atoms with van der Waals surface area (Å²) in [6.07, 6.45) is 3.09. The molecule has 0 aromatic heterocycles. The maximum absolute atomic E-state index is 12.6. The molecule has 1 unspecified atom stereocenters. The van der Waals surface area contributed by atoms with Crippen molar-refractivity contribution < 1.29 is 9.59 Å². The summed E-state index contributed by atoms with van der Waals surface area (Å²) in [4.78, 5) is 24.2. The number of amides is 1. The first-order valence-electron chi connectivity index (χ1n) is 7.02. The van der Waals surface area contributed by atoms with Gasteiger partial charge in [0, 0.05) is 12.0 Å². The summed E-state index contributed by atoms with van der Waals surface area (Å²) in [6.45, 7) is 4.16. The van der Waals surface area contributed by atoms with Crippen LogP contribution in [-0.4, -0.2) is 17.7 Å². The molecule has 2 rings (SSSR count). The summed E-state index contributed by atoms with van der Waals surface area (Å²) in [7, 11) is 0. The van der Waals surface area contributed by atoms with E-state index in [1.54, 1.807) is 0 Å². The molecule has 1 aromatic rings. The van der Waals surface area contributed by atoms with Crippen LogP contribution >= 0.6 is 0 Å². The molecule has 1 saturated heterocycles. The minimum absolute atomic E-state index is 0.00196. The minimum atomic E-state index is -0.352. The minimum Gasteiger partial charge on any atom is -0.346 e. The zero-order chi connectivity index (χ0) is 13.8. The highest BCUT2D eigenvalue weighted by Gasteiger charge is 2.25. The maximum atomic E-state index is 12.6. The Morgan fingerprint density at radius 1 is 1.26 bits per heavy atom. The molecule has 1 aliphatic rings. The van der Waals surface area contributed by atoms with Crippen molar-refractivity contribution in [3.8, 4) is 0 Å². The predicted octanol–water partition coefficient (Wildman–Crippen LogP) is 3.05. The van der Waals surface area contributed by atoms with Crippen molar-refractivity contribution in [3.63, 3.8) is 0 Å². The van der Waals surface area contributed by atoms with Crippen molar-refractivity contribution in [1.29, 1.82) is 0 Å². The number of ketones is 1. The number of nitrogens with one attached hydrogen (secondary N) is 1. The average Bonchev–Trinajstić information content (AvgIpc) is 2.62. The lowest BCUT2D eigenvalue weighted by atomic mass is 9.91. The lowest BCUT2D eigenvalue weighted by Crippen LogP contribution is -2.39. The van der Waals surface area contributed by atoms with E-state index < -0.39 is 0 Å². The monoisotopic (exact) mass is 259 g/mol. The number of hydrogen-bond acceptors (Lipinski definition) is 2. The van der Waals surface area contributed by atoms with Crippen LogP contribution in [-0.2, 0) is 4.79 Å². The molecule has 3 heteroatoms. The number of carbonyl (C=O) groups excluding carboxylic acids is 2. The molecule has 1 atom stereocenters. The van der Waals surface area contributed by atoms with Gasteiger partial charge in [0.15, 0.2) is 5.78 Å². The van der Waals surface area contributed by atoms with Crippen LogP contribution in [0.15, 0.2) is 24.3 Å². The summed E-state index contributed by atoms with van der Waals surface area (Å²) in [6, 6.07) is 7.36. The molecule has 1 amide bonds. The zero-order valence-corrected chi connectivity index (χ0v) is 11.6. The van der Waals surface area contributed by atoms with E-state index in [0.29, 0.717) is 12.3 Å². The fourth-order valence-corrected chi connectivity index (χ4v) is 2.58. The first kappa shape index (κ1) is 13.8. The van der Waals surface area contributed by atoms with Crippen LogP contribution in [0.3, 0.4) is 0 Å². The second-order valence-corrected chi connectivity index (χ2v) is 5.47. The Balaban J connectivity index is 2.25. The third-order valence-corrected chi connectivity index (χ3v) is 3.65. The van der Waals surface area contributed by atoms with Crippen molar-refractivity contribution in [2.45, 2.75) is 51.5 Å². The highest BCUT2D eigenvalue weighted by molar-refractivity contribution is 6.03. The van der Waals surface area contributed by atoms with Gasteiger partial charge in [-0.3, -0.25) is 9.59 Å². The number of Topliss-reactive ketones (excluding diaryl/α,β-unsaturated/α-hetero) is 1. The molecule has 0 radical (unpaired) electrons. The van der Waals surface area contributed by atoms with Crippen LogP contribution in [0.4, 0.5) is 0 Å². The van der Waals surface area contributed by atoms with E-state index in [1.165, 1.54) is 0 Å². The van der Waals surface area contributed by atoms with Gasteiger partial charge in [0.2, 0.25) is 5.91 Å². The Bertz CT molecular complexity index is 479. The Labute approximate surface area is 114 Å². The molecule has 0 bridgehead atoms. The van der Waals surface area contributed by atoms with Gasteiger partial charge >= 0.3 is 0 Å². The highest BCUT2D eigenvalue weighted by atomic mass is 16.2.